The molecule has 2 rings (SSSR count). The normalized spacial score (nSPS) is 21.1. The smallest absolute Gasteiger partial charge is 0.123 e. The molecule has 0 aromatic heterocycles. The lowest BCUT2D eigenvalue weighted by atomic mass is 9.94. The van der Waals surface area contributed by atoms with Crippen LogP contribution in [0, 0.1) is 0 Å². The van der Waals surface area contributed by atoms with Crippen molar-refractivity contribution in [3.05, 3.63) is 29.8 Å². The van der Waals surface area contributed by atoms with Crippen LogP contribution < -0.4 is 10.5 Å². The molecule has 82 valence electrons. The van der Waals surface area contributed by atoms with E-state index < -0.39 is 0 Å². The molecule has 2 N–H and O–H groups in total. The Labute approximate surface area is 90.8 Å². The van der Waals surface area contributed by atoms with E-state index in [-0.39, 0.29) is 0 Å². The van der Waals surface area contributed by atoms with Crippen molar-refractivity contribution in [3.63, 3.8) is 0 Å². The first-order valence-corrected chi connectivity index (χ1v) is 5.44. The van der Waals surface area contributed by atoms with Crippen LogP contribution >= 0.6 is 0 Å². The predicted molar refractivity (Wildman–Crippen MR) is 61.0 cm³/mol. The van der Waals surface area contributed by atoms with E-state index in [0.29, 0.717) is 6.04 Å². The minimum absolute atomic E-state index is 0.504. The standard InChI is InChI=1S/C12H18N2O/c1-15-12-5-3-2-4-10(12)11-6-8-14(11)9-7-13/h2-5,11H,6-9,13H2,1H3. The highest BCUT2D eigenvalue weighted by molar-refractivity contribution is 5.36. The number of nitrogens with zero attached hydrogens (tertiary/aromatic N) is 1. The van der Waals surface area contributed by atoms with Gasteiger partial charge < -0.3 is 10.5 Å². The fourth-order valence-electron chi connectivity index (χ4n) is 2.17. The summed E-state index contributed by atoms with van der Waals surface area (Å²) in [7, 11) is 1.73. The monoisotopic (exact) mass is 206 g/mol. The Kier molecular flexibility index (Phi) is 3.23. The van der Waals surface area contributed by atoms with Crippen molar-refractivity contribution in [2.24, 2.45) is 5.73 Å². The maximum atomic E-state index is 5.58. The van der Waals surface area contributed by atoms with E-state index in [9.17, 15) is 0 Å². The first-order valence-electron chi connectivity index (χ1n) is 5.44. The molecule has 3 heteroatoms. The SMILES string of the molecule is COc1ccccc1C1CCN1CCN. The van der Waals surface area contributed by atoms with Gasteiger partial charge in [-0.3, -0.25) is 4.90 Å². The van der Waals surface area contributed by atoms with E-state index in [4.69, 9.17) is 10.5 Å². The average Bonchev–Trinajstić information content (AvgIpc) is 2.25. The molecule has 1 aliphatic heterocycles. The van der Waals surface area contributed by atoms with Crippen molar-refractivity contribution in [2.45, 2.75) is 12.5 Å². The Balaban J connectivity index is 2.15. The van der Waals surface area contributed by atoms with Crippen LogP contribution in [-0.2, 0) is 0 Å². The number of nitrogens with two attached hydrogens (primary N) is 1. The third-order valence-corrected chi connectivity index (χ3v) is 3.04. The molecule has 1 atom stereocenters. The molecule has 0 spiro atoms. The largest absolute Gasteiger partial charge is 0.496 e. The number of benzene rings is 1. The molecule has 0 bridgehead atoms. The topological polar surface area (TPSA) is 38.5 Å². The molecule has 0 aliphatic carbocycles. The van der Waals surface area contributed by atoms with E-state index in [2.05, 4.69) is 17.0 Å². The van der Waals surface area contributed by atoms with Gasteiger partial charge in [-0.25, -0.2) is 0 Å². The molecule has 15 heavy (non-hydrogen) atoms. The minimum Gasteiger partial charge on any atom is -0.496 e. The van der Waals surface area contributed by atoms with Gasteiger partial charge in [-0.2, -0.15) is 0 Å². The van der Waals surface area contributed by atoms with E-state index in [1.165, 1.54) is 12.0 Å². The van der Waals surface area contributed by atoms with Gasteiger partial charge in [-0.05, 0) is 12.5 Å². The van der Waals surface area contributed by atoms with Crippen LogP contribution in [0.1, 0.15) is 18.0 Å². The first kappa shape index (κ1) is 10.5. The molecular formula is C12H18N2O. The first-order chi connectivity index (χ1) is 7.36. The summed E-state index contributed by atoms with van der Waals surface area (Å²) in [6.45, 7) is 2.86. The number of methoxy groups -OCH3 is 1. The maximum Gasteiger partial charge on any atom is 0.123 e. The van der Waals surface area contributed by atoms with E-state index in [1.807, 2.05) is 12.1 Å². The Morgan fingerprint density at radius 2 is 2.27 bits per heavy atom. The molecule has 1 aliphatic rings. The zero-order chi connectivity index (χ0) is 10.7. The number of para-hydroxylation sites is 1. The maximum absolute atomic E-state index is 5.58. The molecule has 1 aromatic rings. The van der Waals surface area contributed by atoms with Gasteiger partial charge in [0.05, 0.1) is 7.11 Å². The zero-order valence-corrected chi connectivity index (χ0v) is 9.15. The molecule has 1 saturated heterocycles. The van der Waals surface area contributed by atoms with Gasteiger partial charge >= 0.3 is 0 Å². The molecule has 0 saturated carbocycles. The van der Waals surface area contributed by atoms with E-state index in [0.717, 1.165) is 25.4 Å². The second kappa shape index (κ2) is 4.64. The fourth-order valence-corrected chi connectivity index (χ4v) is 2.17. The minimum atomic E-state index is 0.504. The van der Waals surface area contributed by atoms with Crippen molar-refractivity contribution in [1.82, 2.24) is 4.90 Å². The molecule has 1 aromatic carbocycles. The Bertz CT molecular complexity index is 327. The molecule has 1 fully saturated rings. The van der Waals surface area contributed by atoms with Crippen molar-refractivity contribution >= 4 is 0 Å². The highest BCUT2D eigenvalue weighted by Gasteiger charge is 2.30. The van der Waals surface area contributed by atoms with Crippen LogP contribution in [0.2, 0.25) is 0 Å². The van der Waals surface area contributed by atoms with Gasteiger partial charge in [0.25, 0.3) is 0 Å². The van der Waals surface area contributed by atoms with Crippen LogP contribution in [0.4, 0.5) is 0 Å². The molecular weight excluding hydrogens is 188 g/mol. The third kappa shape index (κ3) is 1.98. The highest BCUT2D eigenvalue weighted by atomic mass is 16.5. The molecule has 3 nitrogen and oxygen atoms in total. The predicted octanol–water partition coefficient (Wildman–Crippen LogP) is 1.40. The Morgan fingerprint density at radius 1 is 1.47 bits per heavy atom. The second-order valence-electron chi connectivity index (χ2n) is 3.87. The molecule has 1 unspecified atom stereocenters. The van der Waals surface area contributed by atoms with Crippen molar-refractivity contribution < 1.29 is 4.74 Å². The lowest BCUT2D eigenvalue weighted by Crippen LogP contribution is -2.43. The number of ether oxygens (including phenoxy) is 1. The third-order valence-electron chi connectivity index (χ3n) is 3.04. The molecule has 1 heterocycles. The summed E-state index contributed by atoms with van der Waals surface area (Å²) in [6.07, 6.45) is 1.21. The van der Waals surface area contributed by atoms with Gasteiger partial charge in [-0.1, -0.05) is 18.2 Å². The fraction of sp³-hybridized carbons (Fsp3) is 0.500. The van der Waals surface area contributed by atoms with Crippen LogP contribution in [0.25, 0.3) is 0 Å². The summed E-state index contributed by atoms with van der Waals surface area (Å²) in [4.78, 5) is 2.40. The molecule has 0 radical (unpaired) electrons. The zero-order valence-electron chi connectivity index (χ0n) is 9.15. The quantitative estimate of drug-likeness (QED) is 0.809. The molecule has 0 amide bonds. The van der Waals surface area contributed by atoms with Crippen LogP contribution in [0.15, 0.2) is 24.3 Å². The highest BCUT2D eigenvalue weighted by Crippen LogP contribution is 2.37. The van der Waals surface area contributed by atoms with Crippen molar-refractivity contribution in [3.8, 4) is 5.75 Å². The van der Waals surface area contributed by atoms with Gasteiger partial charge in [0.15, 0.2) is 0 Å². The lowest BCUT2D eigenvalue weighted by molar-refractivity contribution is 0.0928. The van der Waals surface area contributed by atoms with Gasteiger partial charge in [0.1, 0.15) is 5.75 Å². The number of hydrogen-bond donors (Lipinski definition) is 1. The van der Waals surface area contributed by atoms with Crippen LogP contribution in [0.3, 0.4) is 0 Å². The van der Waals surface area contributed by atoms with Gasteiger partial charge in [-0.15, -0.1) is 0 Å². The Hall–Kier alpha value is -1.06. The summed E-state index contributed by atoms with van der Waals surface area (Å²) in [5, 5.41) is 0. The number of likely N-dealkylation sites (tertiary alicyclic amines) is 1. The van der Waals surface area contributed by atoms with Gasteiger partial charge in [0.2, 0.25) is 0 Å². The summed E-state index contributed by atoms with van der Waals surface area (Å²) < 4.78 is 5.37. The summed E-state index contributed by atoms with van der Waals surface area (Å²) >= 11 is 0. The summed E-state index contributed by atoms with van der Waals surface area (Å²) in [5.41, 5.74) is 6.87. The second-order valence-corrected chi connectivity index (χ2v) is 3.87. The van der Waals surface area contributed by atoms with Crippen molar-refractivity contribution in [1.29, 1.82) is 0 Å². The lowest BCUT2D eigenvalue weighted by Gasteiger charge is -2.41. The average molecular weight is 206 g/mol. The number of rotatable bonds is 4. The van der Waals surface area contributed by atoms with Gasteiger partial charge in [0, 0.05) is 31.2 Å². The summed E-state index contributed by atoms with van der Waals surface area (Å²) in [6, 6.07) is 8.75. The van der Waals surface area contributed by atoms with Crippen LogP contribution in [0.5, 0.6) is 5.75 Å². The number of hydrogen-bond acceptors (Lipinski definition) is 3. The van der Waals surface area contributed by atoms with E-state index in [1.54, 1.807) is 7.11 Å². The summed E-state index contributed by atoms with van der Waals surface area (Å²) in [5.74, 6) is 0.990. The van der Waals surface area contributed by atoms with Crippen LogP contribution in [-0.4, -0.2) is 31.6 Å². The van der Waals surface area contributed by atoms with E-state index >= 15 is 0 Å². The van der Waals surface area contributed by atoms with Crippen molar-refractivity contribution in [2.75, 3.05) is 26.7 Å². The Morgan fingerprint density at radius 3 is 2.87 bits per heavy atom.